The van der Waals surface area contributed by atoms with E-state index in [4.69, 9.17) is 11.6 Å². The monoisotopic (exact) mass is 384 g/mol. The Morgan fingerprint density at radius 2 is 1.96 bits per heavy atom. The van der Waals surface area contributed by atoms with Crippen molar-refractivity contribution in [2.45, 2.75) is 32.2 Å². The van der Waals surface area contributed by atoms with E-state index in [1.54, 1.807) is 23.3 Å². The standard InChI is InChI=1S/C22H25ClN2O2/c1-7-21(4)15(23)11-13-18(26)22(21,24-5)12-9-8-10-14-16(12)17(20(13,2)3)19(27)25(14)6/h7-11,13,17H,1,5,24H2,2-4,6H3. The Hall–Kier alpha value is -1.91. The van der Waals surface area contributed by atoms with Crippen molar-refractivity contribution < 1.29 is 14.9 Å². The zero-order chi connectivity index (χ0) is 19.9. The fourth-order valence-corrected chi connectivity index (χ4v) is 5.88. The summed E-state index contributed by atoms with van der Waals surface area (Å²) in [6.07, 6.45) is 3.58. The molecule has 1 aromatic rings. The fraction of sp³-hybridized carbons (Fsp3) is 0.409. The van der Waals surface area contributed by atoms with Gasteiger partial charge in [0.05, 0.1) is 17.3 Å². The number of anilines is 1. The highest BCUT2D eigenvalue weighted by atomic mass is 35.5. The summed E-state index contributed by atoms with van der Waals surface area (Å²) < 4.78 is 0. The van der Waals surface area contributed by atoms with Gasteiger partial charge in [0.2, 0.25) is 11.7 Å². The van der Waals surface area contributed by atoms with Crippen molar-refractivity contribution in [3.63, 3.8) is 0 Å². The number of nitrogens with two attached hydrogens (primary N) is 1. The highest BCUT2D eigenvalue weighted by Crippen LogP contribution is 2.62. The van der Waals surface area contributed by atoms with Gasteiger partial charge in [-0.05, 0) is 24.0 Å². The van der Waals surface area contributed by atoms with Crippen molar-refractivity contribution >= 4 is 29.0 Å². The number of carbonyl (C=O) groups is 2. The molecule has 3 aliphatic rings. The lowest BCUT2D eigenvalue weighted by atomic mass is 9.57. The van der Waals surface area contributed by atoms with Crippen LogP contribution < -0.4 is 10.2 Å². The number of hydrogen-bond donors (Lipinski definition) is 1. The van der Waals surface area contributed by atoms with E-state index >= 15 is 0 Å². The minimum atomic E-state index is -1.06. The molecule has 4 atom stereocenters. The van der Waals surface area contributed by atoms with Crippen LogP contribution in [0.2, 0.25) is 0 Å². The number of allylic oxidation sites excluding steroid dienone is 1. The summed E-state index contributed by atoms with van der Waals surface area (Å²) in [5.41, 5.74) is 0.115. The second-order valence-electron chi connectivity index (χ2n) is 8.67. The molecule has 142 valence electrons. The van der Waals surface area contributed by atoms with Crippen LogP contribution >= 0.6 is 11.6 Å². The van der Waals surface area contributed by atoms with Crippen LogP contribution in [0.15, 0.2) is 42.0 Å². The number of carbonyl (C=O) groups excluding carboxylic acids is 2. The fourth-order valence-electron chi connectivity index (χ4n) is 5.53. The van der Waals surface area contributed by atoms with E-state index in [9.17, 15) is 9.59 Å². The second-order valence-corrected chi connectivity index (χ2v) is 9.07. The number of hydrogen-bond acceptors (Lipinski definition) is 2. The quantitative estimate of drug-likeness (QED) is 0.629. The molecule has 2 aliphatic carbocycles. The molecule has 1 aliphatic heterocycles. The zero-order valence-corrected chi connectivity index (χ0v) is 16.9. The molecule has 5 heteroatoms. The highest BCUT2D eigenvalue weighted by Gasteiger charge is 2.68. The maximum atomic E-state index is 14.0. The smallest absolute Gasteiger partial charge is 0.234 e. The van der Waals surface area contributed by atoms with E-state index in [0.29, 0.717) is 5.03 Å². The normalized spacial score (nSPS) is 36.2. The number of quaternary nitrogens is 1. The summed E-state index contributed by atoms with van der Waals surface area (Å²) >= 11 is 6.79. The van der Waals surface area contributed by atoms with Crippen molar-refractivity contribution in [2.75, 3.05) is 11.9 Å². The van der Waals surface area contributed by atoms with Gasteiger partial charge in [0.25, 0.3) is 0 Å². The van der Waals surface area contributed by atoms with Gasteiger partial charge in [0.1, 0.15) is 0 Å². The molecule has 0 saturated heterocycles. The number of benzene rings is 1. The van der Waals surface area contributed by atoms with Gasteiger partial charge in [-0.25, -0.2) is 0 Å². The molecule has 2 N–H and O–H groups in total. The molecule has 0 saturated carbocycles. The zero-order valence-electron chi connectivity index (χ0n) is 16.2. The van der Waals surface area contributed by atoms with Crippen molar-refractivity contribution in [2.24, 2.45) is 16.7 Å². The van der Waals surface area contributed by atoms with Crippen LogP contribution in [0.4, 0.5) is 5.69 Å². The molecule has 1 aromatic carbocycles. The third-order valence-electron chi connectivity index (χ3n) is 7.29. The molecule has 27 heavy (non-hydrogen) atoms. The van der Waals surface area contributed by atoms with Gasteiger partial charge in [0.15, 0.2) is 5.54 Å². The number of fused-ring (bicyclic) bond motifs is 3. The number of ketones is 1. The second kappa shape index (κ2) is 5.33. The number of rotatable bonds is 2. The highest BCUT2D eigenvalue weighted by molar-refractivity contribution is 6.31. The molecule has 1 heterocycles. The van der Waals surface area contributed by atoms with E-state index < -0.39 is 28.2 Å². The van der Waals surface area contributed by atoms with Crippen LogP contribution in [-0.2, 0) is 15.1 Å². The summed E-state index contributed by atoms with van der Waals surface area (Å²) in [7, 11) is 5.87. The van der Waals surface area contributed by atoms with Crippen LogP contribution in [0, 0.1) is 23.8 Å². The van der Waals surface area contributed by atoms with Crippen molar-refractivity contribution in [1.82, 2.24) is 0 Å². The Balaban J connectivity index is 2.23. The van der Waals surface area contributed by atoms with Crippen LogP contribution in [0.3, 0.4) is 0 Å². The number of nitrogens with zero attached hydrogens (tertiary/aromatic N) is 1. The van der Waals surface area contributed by atoms with Gasteiger partial charge in [-0.2, -0.15) is 7.05 Å². The minimum absolute atomic E-state index is 0.0202. The molecule has 4 unspecified atom stereocenters. The molecule has 1 amide bonds. The summed E-state index contributed by atoms with van der Waals surface area (Å²) in [4.78, 5) is 29.0. The lowest BCUT2D eigenvalue weighted by molar-refractivity contribution is -0.682. The van der Waals surface area contributed by atoms with Gasteiger partial charge in [-0.15, -0.1) is 6.58 Å². The molecule has 4 nitrogen and oxygen atoms in total. The van der Waals surface area contributed by atoms with E-state index in [1.165, 1.54) is 0 Å². The van der Waals surface area contributed by atoms with Crippen molar-refractivity contribution in [3.05, 3.63) is 60.1 Å². The Morgan fingerprint density at radius 3 is 2.56 bits per heavy atom. The van der Waals surface area contributed by atoms with E-state index in [-0.39, 0.29) is 11.7 Å². The molecule has 4 rings (SSSR count). The Kier molecular flexibility index (Phi) is 3.64. The summed E-state index contributed by atoms with van der Waals surface area (Å²) in [5.74, 6) is -0.839. The lowest BCUT2D eigenvalue weighted by Gasteiger charge is -2.50. The van der Waals surface area contributed by atoms with Crippen LogP contribution in [0.25, 0.3) is 0 Å². The van der Waals surface area contributed by atoms with Gasteiger partial charge < -0.3 is 10.2 Å². The number of halogens is 1. The number of likely N-dealkylation sites (N-methyl/N-ethyl adjacent to an activating group) is 1. The summed E-state index contributed by atoms with van der Waals surface area (Å²) in [6, 6.07) is 5.80. The first-order chi connectivity index (χ1) is 12.6. The largest absolute Gasteiger partial charge is 0.463 e. The predicted octanol–water partition coefficient (Wildman–Crippen LogP) is 2.85. The molecule has 0 fully saturated rings. The van der Waals surface area contributed by atoms with E-state index in [0.717, 1.165) is 16.8 Å². The van der Waals surface area contributed by atoms with Crippen molar-refractivity contribution in [1.29, 1.82) is 0 Å². The van der Waals surface area contributed by atoms with E-state index in [2.05, 4.69) is 13.6 Å². The maximum absolute atomic E-state index is 14.0. The Morgan fingerprint density at radius 1 is 1.30 bits per heavy atom. The van der Waals surface area contributed by atoms with Gasteiger partial charge >= 0.3 is 0 Å². The number of amides is 1. The van der Waals surface area contributed by atoms with Crippen LogP contribution in [-0.4, -0.2) is 18.7 Å². The average Bonchev–Trinajstić information content (AvgIpc) is 2.88. The summed E-state index contributed by atoms with van der Waals surface area (Å²) in [6.45, 7) is 9.93. The van der Waals surface area contributed by atoms with Crippen molar-refractivity contribution in [3.8, 4) is 0 Å². The van der Waals surface area contributed by atoms with Gasteiger partial charge in [0, 0.05) is 23.3 Å². The van der Waals surface area contributed by atoms with Crippen LogP contribution in [0.1, 0.15) is 37.8 Å². The van der Waals surface area contributed by atoms with Crippen LogP contribution in [0.5, 0.6) is 0 Å². The van der Waals surface area contributed by atoms with Gasteiger partial charge in [-0.1, -0.05) is 49.7 Å². The first-order valence-electron chi connectivity index (χ1n) is 9.19. The molecule has 0 aromatic heterocycles. The molecule has 2 bridgehead atoms. The summed E-state index contributed by atoms with van der Waals surface area (Å²) in [5, 5.41) is 2.30. The maximum Gasteiger partial charge on any atom is 0.234 e. The molecule has 0 spiro atoms. The topological polar surface area (TPSA) is 54.0 Å². The molecular formula is C22H25ClN2O2. The van der Waals surface area contributed by atoms with E-state index in [1.807, 2.05) is 45.0 Å². The SMILES string of the molecule is C=CC1(C)C(Cl)=CC2C(=O)C1([NH2+][CH2-])c1cccc3c1C(C(=O)N3C)C2(C)C. The van der Waals surface area contributed by atoms with Gasteiger partial charge in [-0.3, -0.25) is 9.59 Å². The predicted molar refractivity (Wildman–Crippen MR) is 106 cm³/mol. The molecule has 0 radical (unpaired) electrons. The third kappa shape index (κ3) is 1.79. The minimum Gasteiger partial charge on any atom is -0.463 e. The number of Topliss-reactive ketones (excluding diaryl/α,β-unsaturated/α-hetero) is 1. The first-order valence-corrected chi connectivity index (χ1v) is 9.57. The third-order valence-corrected chi connectivity index (χ3v) is 7.81. The lowest BCUT2D eigenvalue weighted by Crippen LogP contribution is -2.96. The first kappa shape index (κ1) is 18.5. The Labute approximate surface area is 165 Å². The molecular weight excluding hydrogens is 360 g/mol. The average molecular weight is 385 g/mol. The Bertz CT molecular complexity index is 934.